The monoisotopic (exact) mass is 345 g/mol. The Hall–Kier alpha value is -2.86. The molecule has 7 heteroatoms. The van der Waals surface area contributed by atoms with Crippen LogP contribution in [0, 0.1) is 6.92 Å². The number of benzene rings is 2. The minimum Gasteiger partial charge on any atom is -0.507 e. The summed E-state index contributed by atoms with van der Waals surface area (Å²) < 4.78 is 0. The molecule has 0 saturated heterocycles. The van der Waals surface area contributed by atoms with Gasteiger partial charge in [-0.25, -0.2) is 5.43 Å². The molecule has 0 fully saturated rings. The number of para-hydroxylation sites is 1. The van der Waals surface area contributed by atoms with Crippen LogP contribution in [0.4, 0.5) is 5.69 Å². The van der Waals surface area contributed by atoms with E-state index in [1.54, 1.807) is 36.4 Å². The highest BCUT2D eigenvalue weighted by molar-refractivity contribution is 6.31. The van der Waals surface area contributed by atoms with Gasteiger partial charge in [-0.3, -0.25) is 9.59 Å². The van der Waals surface area contributed by atoms with E-state index < -0.39 is 11.8 Å². The third kappa shape index (κ3) is 5.10. The van der Waals surface area contributed by atoms with Gasteiger partial charge in [0.1, 0.15) is 12.2 Å². The molecule has 2 aromatic rings. The number of carbonyl (C=O) groups is 2. The number of amides is 2. The van der Waals surface area contributed by atoms with Crippen LogP contribution in [0.2, 0.25) is 5.02 Å². The average Bonchev–Trinajstić information content (AvgIpc) is 2.52. The third-order valence-corrected chi connectivity index (χ3v) is 3.51. The van der Waals surface area contributed by atoms with Crippen molar-refractivity contribution < 1.29 is 14.7 Å². The Morgan fingerprint density at radius 3 is 2.67 bits per heavy atom. The number of aryl methyl sites for hydroxylation is 1. The zero-order valence-corrected chi connectivity index (χ0v) is 13.7. The molecule has 6 nitrogen and oxygen atoms in total. The van der Waals surface area contributed by atoms with E-state index >= 15 is 0 Å². The van der Waals surface area contributed by atoms with Gasteiger partial charge in [-0.2, -0.15) is 5.10 Å². The van der Waals surface area contributed by atoms with E-state index in [0.717, 1.165) is 5.56 Å². The van der Waals surface area contributed by atoms with Crippen LogP contribution in [-0.2, 0) is 9.59 Å². The average molecular weight is 346 g/mol. The number of phenolic OH excluding ortho intramolecular Hbond substituents is 1. The van der Waals surface area contributed by atoms with Crippen LogP contribution in [0.25, 0.3) is 0 Å². The number of nitrogens with one attached hydrogen (secondary N) is 2. The fourth-order valence-electron chi connectivity index (χ4n) is 1.83. The predicted octanol–water partition coefficient (Wildman–Crippen LogP) is 2.83. The van der Waals surface area contributed by atoms with Crippen LogP contribution < -0.4 is 10.7 Å². The lowest BCUT2D eigenvalue weighted by atomic mass is 10.2. The Bertz CT molecular complexity index is 790. The number of carbonyl (C=O) groups excluding carboxylic acids is 2. The lowest BCUT2D eigenvalue weighted by Crippen LogP contribution is -2.24. The number of aromatic hydroxyl groups is 1. The smallest absolute Gasteiger partial charge is 0.249 e. The van der Waals surface area contributed by atoms with Crippen molar-refractivity contribution in [3.8, 4) is 5.75 Å². The molecule has 0 aliphatic heterocycles. The summed E-state index contributed by atoms with van der Waals surface area (Å²) in [5.41, 5.74) is 4.09. The first-order valence-corrected chi connectivity index (χ1v) is 7.49. The van der Waals surface area contributed by atoms with E-state index in [4.69, 9.17) is 11.6 Å². The largest absolute Gasteiger partial charge is 0.507 e. The molecule has 0 atom stereocenters. The molecule has 0 aromatic heterocycles. The fraction of sp³-hybridized carbons (Fsp3) is 0.118. The topological polar surface area (TPSA) is 90.8 Å². The second kappa shape index (κ2) is 8.12. The van der Waals surface area contributed by atoms with Gasteiger partial charge in [0.25, 0.3) is 0 Å². The van der Waals surface area contributed by atoms with Gasteiger partial charge in [0.15, 0.2) is 0 Å². The maximum absolute atomic E-state index is 11.8. The molecule has 0 unspecified atom stereocenters. The van der Waals surface area contributed by atoms with Crippen LogP contribution >= 0.6 is 11.6 Å². The first kappa shape index (κ1) is 17.5. The van der Waals surface area contributed by atoms with Gasteiger partial charge in [0, 0.05) is 16.3 Å². The first-order chi connectivity index (χ1) is 11.5. The molecule has 0 radical (unpaired) electrons. The van der Waals surface area contributed by atoms with Crippen molar-refractivity contribution in [1.29, 1.82) is 0 Å². The van der Waals surface area contributed by atoms with Crippen molar-refractivity contribution in [3.05, 3.63) is 58.6 Å². The summed E-state index contributed by atoms with van der Waals surface area (Å²) in [4.78, 5) is 23.5. The van der Waals surface area contributed by atoms with Crippen LogP contribution in [0.15, 0.2) is 47.6 Å². The molecular formula is C17H16ClN3O3. The summed E-state index contributed by atoms with van der Waals surface area (Å²) in [5, 5.41) is 16.4. The number of hydrogen-bond acceptors (Lipinski definition) is 4. The van der Waals surface area contributed by atoms with E-state index in [0.29, 0.717) is 16.3 Å². The second-order valence-corrected chi connectivity index (χ2v) is 5.45. The SMILES string of the molecule is Cc1ccc(NC(=O)CC(=O)N/N=C/c2ccccc2O)cc1Cl. The summed E-state index contributed by atoms with van der Waals surface area (Å²) in [6, 6.07) is 11.6. The van der Waals surface area contributed by atoms with Crippen molar-refractivity contribution in [2.45, 2.75) is 13.3 Å². The Morgan fingerprint density at radius 2 is 1.96 bits per heavy atom. The molecule has 2 aromatic carbocycles. The van der Waals surface area contributed by atoms with Gasteiger partial charge in [-0.15, -0.1) is 0 Å². The van der Waals surface area contributed by atoms with Gasteiger partial charge in [-0.05, 0) is 36.8 Å². The van der Waals surface area contributed by atoms with Crippen molar-refractivity contribution >= 4 is 35.3 Å². The molecule has 24 heavy (non-hydrogen) atoms. The first-order valence-electron chi connectivity index (χ1n) is 7.11. The Balaban J connectivity index is 1.84. The highest BCUT2D eigenvalue weighted by atomic mass is 35.5. The zero-order valence-electron chi connectivity index (χ0n) is 12.9. The molecular weight excluding hydrogens is 330 g/mol. The van der Waals surface area contributed by atoms with Gasteiger partial charge in [0.2, 0.25) is 11.8 Å². The minimum atomic E-state index is -0.572. The van der Waals surface area contributed by atoms with E-state index in [1.807, 2.05) is 6.92 Å². The number of phenols is 1. The second-order valence-electron chi connectivity index (χ2n) is 5.04. The quantitative estimate of drug-likeness (QED) is 0.442. The Kier molecular flexibility index (Phi) is 5.92. The lowest BCUT2D eigenvalue weighted by molar-refractivity contribution is -0.126. The van der Waals surface area contributed by atoms with E-state index in [1.165, 1.54) is 12.3 Å². The molecule has 2 amide bonds. The van der Waals surface area contributed by atoms with Crippen LogP contribution in [0.1, 0.15) is 17.5 Å². The summed E-state index contributed by atoms with van der Waals surface area (Å²) in [6.07, 6.45) is 0.911. The number of halogens is 1. The van der Waals surface area contributed by atoms with Gasteiger partial charge >= 0.3 is 0 Å². The number of anilines is 1. The molecule has 0 spiro atoms. The standard InChI is InChI=1S/C17H16ClN3O3/c1-11-6-7-13(8-14(11)18)20-16(23)9-17(24)21-19-10-12-4-2-3-5-15(12)22/h2-8,10,22H,9H2,1H3,(H,20,23)(H,21,24)/b19-10+. The highest BCUT2D eigenvalue weighted by Gasteiger charge is 2.09. The molecule has 2 rings (SSSR count). The lowest BCUT2D eigenvalue weighted by Gasteiger charge is -2.06. The van der Waals surface area contributed by atoms with Crippen molar-refractivity contribution in [3.63, 3.8) is 0 Å². The fourth-order valence-corrected chi connectivity index (χ4v) is 2.01. The number of nitrogens with zero attached hydrogens (tertiary/aromatic N) is 1. The summed E-state index contributed by atoms with van der Waals surface area (Å²) >= 11 is 5.97. The van der Waals surface area contributed by atoms with Crippen LogP contribution in [0.3, 0.4) is 0 Å². The molecule has 124 valence electrons. The highest BCUT2D eigenvalue weighted by Crippen LogP contribution is 2.20. The van der Waals surface area contributed by atoms with Crippen LogP contribution in [-0.4, -0.2) is 23.1 Å². The van der Waals surface area contributed by atoms with Crippen LogP contribution in [0.5, 0.6) is 5.75 Å². The van der Waals surface area contributed by atoms with E-state index in [2.05, 4.69) is 15.8 Å². The van der Waals surface area contributed by atoms with Gasteiger partial charge in [-0.1, -0.05) is 29.8 Å². The summed E-state index contributed by atoms with van der Waals surface area (Å²) in [7, 11) is 0. The minimum absolute atomic E-state index is 0.0458. The maximum Gasteiger partial charge on any atom is 0.249 e. The molecule has 0 aliphatic carbocycles. The summed E-state index contributed by atoms with van der Waals surface area (Å²) in [5.74, 6) is -1.01. The number of hydrazone groups is 1. The Labute approximate surface area is 144 Å². The number of rotatable bonds is 5. The van der Waals surface area contributed by atoms with E-state index in [-0.39, 0.29) is 12.2 Å². The molecule has 0 bridgehead atoms. The van der Waals surface area contributed by atoms with Crippen molar-refractivity contribution in [1.82, 2.24) is 5.43 Å². The zero-order chi connectivity index (χ0) is 17.5. The number of hydrogen-bond donors (Lipinski definition) is 3. The maximum atomic E-state index is 11.8. The molecule has 3 N–H and O–H groups in total. The summed E-state index contributed by atoms with van der Waals surface area (Å²) in [6.45, 7) is 1.85. The Morgan fingerprint density at radius 1 is 1.21 bits per heavy atom. The molecule has 0 aliphatic rings. The normalized spacial score (nSPS) is 10.6. The van der Waals surface area contributed by atoms with Crippen molar-refractivity contribution in [2.75, 3.05) is 5.32 Å². The molecule has 0 saturated carbocycles. The van der Waals surface area contributed by atoms with E-state index in [9.17, 15) is 14.7 Å². The predicted molar refractivity (Wildman–Crippen MR) is 93.3 cm³/mol. The van der Waals surface area contributed by atoms with Gasteiger partial charge < -0.3 is 10.4 Å². The molecule has 0 heterocycles. The van der Waals surface area contributed by atoms with Gasteiger partial charge in [0.05, 0.1) is 6.21 Å². The van der Waals surface area contributed by atoms with Crippen molar-refractivity contribution in [2.24, 2.45) is 5.10 Å². The third-order valence-electron chi connectivity index (χ3n) is 3.11.